The van der Waals surface area contributed by atoms with Crippen molar-refractivity contribution < 1.29 is 4.74 Å². The van der Waals surface area contributed by atoms with E-state index in [2.05, 4.69) is 61.4 Å². The molecule has 0 heterocycles. The lowest BCUT2D eigenvalue weighted by molar-refractivity contribution is 0.222. The van der Waals surface area contributed by atoms with E-state index in [0.717, 1.165) is 51.5 Å². The Hall–Kier alpha value is -1.10. The van der Waals surface area contributed by atoms with E-state index in [1.54, 1.807) is 0 Å². The second-order valence-corrected chi connectivity index (χ2v) is 5.78. The van der Waals surface area contributed by atoms with E-state index in [1.165, 1.54) is 5.56 Å². The average Bonchev–Trinajstić information content (AvgIpc) is 2.46. The molecule has 120 valence electrons. The van der Waals surface area contributed by atoms with Gasteiger partial charge in [0.15, 0.2) is 0 Å². The van der Waals surface area contributed by atoms with Gasteiger partial charge in [-0.15, -0.1) is 0 Å². The van der Waals surface area contributed by atoms with E-state index in [9.17, 15) is 0 Å². The summed E-state index contributed by atoms with van der Waals surface area (Å²) in [5.41, 5.74) is 1.28. The topological polar surface area (TPSA) is 27.7 Å². The van der Waals surface area contributed by atoms with Crippen LogP contribution in [0.15, 0.2) is 24.3 Å². The zero-order chi connectivity index (χ0) is 15.5. The van der Waals surface area contributed by atoms with Gasteiger partial charge in [0.2, 0.25) is 0 Å². The first-order valence-corrected chi connectivity index (χ1v) is 7.87. The summed E-state index contributed by atoms with van der Waals surface area (Å²) < 4.78 is 5.85. The maximum atomic E-state index is 5.85. The fraction of sp³-hybridized carbons (Fsp3) is 0.647. The summed E-state index contributed by atoms with van der Waals surface area (Å²) in [5.74, 6) is 0.965. The van der Waals surface area contributed by atoms with Crippen LogP contribution in [0.4, 0.5) is 0 Å². The molecule has 0 aliphatic heterocycles. The molecule has 0 saturated heterocycles. The Morgan fingerprint density at radius 3 is 2.62 bits per heavy atom. The first kappa shape index (κ1) is 18.0. The molecule has 0 aromatic heterocycles. The Bertz CT molecular complexity index is 382. The van der Waals surface area contributed by atoms with Gasteiger partial charge in [0, 0.05) is 26.2 Å². The van der Waals surface area contributed by atoms with E-state index >= 15 is 0 Å². The quantitative estimate of drug-likeness (QED) is 0.632. The van der Waals surface area contributed by atoms with Crippen LogP contribution in [0.5, 0.6) is 5.75 Å². The largest absolute Gasteiger partial charge is 0.492 e. The van der Waals surface area contributed by atoms with E-state index < -0.39 is 0 Å². The molecule has 0 aliphatic carbocycles. The lowest BCUT2D eigenvalue weighted by atomic mass is 10.2. The van der Waals surface area contributed by atoms with Crippen molar-refractivity contribution in [2.75, 3.05) is 53.9 Å². The summed E-state index contributed by atoms with van der Waals surface area (Å²) in [6, 6.07) is 8.36. The van der Waals surface area contributed by atoms with Crippen LogP contribution < -0.4 is 10.1 Å². The smallest absolute Gasteiger partial charge is 0.119 e. The molecule has 0 aliphatic rings. The molecule has 0 amide bonds. The van der Waals surface area contributed by atoms with Crippen LogP contribution >= 0.6 is 0 Å². The van der Waals surface area contributed by atoms with Gasteiger partial charge >= 0.3 is 0 Å². The third kappa shape index (κ3) is 8.71. The van der Waals surface area contributed by atoms with Crippen LogP contribution in [0.25, 0.3) is 0 Å². The number of benzene rings is 1. The lowest BCUT2D eigenvalue weighted by Gasteiger charge is -2.19. The maximum absolute atomic E-state index is 5.85. The first-order valence-electron chi connectivity index (χ1n) is 7.87. The van der Waals surface area contributed by atoms with E-state index in [0.29, 0.717) is 0 Å². The van der Waals surface area contributed by atoms with Crippen molar-refractivity contribution in [2.45, 2.75) is 19.9 Å². The molecule has 0 spiro atoms. The van der Waals surface area contributed by atoms with Gasteiger partial charge in [-0.05, 0) is 51.8 Å². The van der Waals surface area contributed by atoms with Gasteiger partial charge in [-0.1, -0.05) is 19.1 Å². The monoisotopic (exact) mass is 293 g/mol. The highest BCUT2D eigenvalue weighted by Gasteiger charge is 2.01. The van der Waals surface area contributed by atoms with Crippen molar-refractivity contribution in [1.29, 1.82) is 0 Å². The summed E-state index contributed by atoms with van der Waals surface area (Å²) in [4.78, 5) is 4.50. The molecule has 0 fully saturated rings. The van der Waals surface area contributed by atoms with Gasteiger partial charge in [-0.3, -0.25) is 0 Å². The van der Waals surface area contributed by atoms with Crippen molar-refractivity contribution in [1.82, 2.24) is 15.1 Å². The predicted octanol–water partition coefficient (Wildman–Crippen LogP) is 2.06. The second kappa shape index (κ2) is 10.6. The Morgan fingerprint density at radius 2 is 1.90 bits per heavy atom. The molecule has 0 unspecified atom stereocenters. The molecule has 0 radical (unpaired) electrons. The first-order chi connectivity index (χ1) is 10.1. The lowest BCUT2D eigenvalue weighted by Crippen LogP contribution is -2.31. The molecule has 1 N–H and O–H groups in total. The van der Waals surface area contributed by atoms with E-state index in [1.807, 2.05) is 6.07 Å². The average molecular weight is 293 g/mol. The van der Waals surface area contributed by atoms with Crippen molar-refractivity contribution in [2.24, 2.45) is 0 Å². The highest BCUT2D eigenvalue weighted by atomic mass is 16.5. The summed E-state index contributed by atoms with van der Waals surface area (Å²) in [5, 5.41) is 3.41. The highest BCUT2D eigenvalue weighted by molar-refractivity contribution is 5.28. The highest BCUT2D eigenvalue weighted by Crippen LogP contribution is 2.13. The number of rotatable bonds is 11. The molecule has 4 heteroatoms. The minimum Gasteiger partial charge on any atom is -0.492 e. The molecule has 4 nitrogen and oxygen atoms in total. The summed E-state index contributed by atoms with van der Waals surface area (Å²) >= 11 is 0. The maximum Gasteiger partial charge on any atom is 0.119 e. The van der Waals surface area contributed by atoms with Crippen molar-refractivity contribution in [3.8, 4) is 5.75 Å². The summed E-state index contributed by atoms with van der Waals surface area (Å²) in [7, 11) is 6.34. The molecule has 21 heavy (non-hydrogen) atoms. The van der Waals surface area contributed by atoms with Crippen molar-refractivity contribution >= 4 is 0 Å². The normalized spacial score (nSPS) is 11.3. The van der Waals surface area contributed by atoms with Crippen LogP contribution in [0, 0.1) is 0 Å². The van der Waals surface area contributed by atoms with Crippen LogP contribution in [-0.2, 0) is 6.54 Å². The third-order valence-corrected chi connectivity index (χ3v) is 3.33. The molecular weight excluding hydrogens is 262 g/mol. The van der Waals surface area contributed by atoms with Gasteiger partial charge in [-0.25, -0.2) is 0 Å². The molecule has 0 saturated carbocycles. The number of hydrogen-bond donors (Lipinski definition) is 1. The Balaban J connectivity index is 2.26. The predicted molar refractivity (Wildman–Crippen MR) is 90.0 cm³/mol. The number of likely N-dealkylation sites (N-methyl/N-ethyl adjacent to an activating group) is 2. The Morgan fingerprint density at radius 1 is 1.10 bits per heavy atom. The van der Waals surface area contributed by atoms with Gasteiger partial charge < -0.3 is 19.9 Å². The van der Waals surface area contributed by atoms with Gasteiger partial charge in [0.1, 0.15) is 12.4 Å². The SMILES string of the molecule is CCCNCc1cccc(OCCN(C)CCN(C)C)c1. The second-order valence-electron chi connectivity index (χ2n) is 5.78. The van der Waals surface area contributed by atoms with E-state index in [-0.39, 0.29) is 0 Å². The molecule has 0 bridgehead atoms. The zero-order valence-corrected chi connectivity index (χ0v) is 14.1. The minimum absolute atomic E-state index is 0.732. The zero-order valence-electron chi connectivity index (χ0n) is 14.1. The van der Waals surface area contributed by atoms with Gasteiger partial charge in [-0.2, -0.15) is 0 Å². The fourth-order valence-electron chi connectivity index (χ4n) is 1.96. The van der Waals surface area contributed by atoms with Crippen LogP contribution in [0.3, 0.4) is 0 Å². The number of nitrogens with one attached hydrogen (secondary N) is 1. The van der Waals surface area contributed by atoms with Crippen molar-refractivity contribution in [3.05, 3.63) is 29.8 Å². The molecule has 1 aromatic rings. The standard InChI is InChI=1S/C17H31N3O/c1-5-9-18-15-16-7-6-8-17(14-16)21-13-12-20(4)11-10-19(2)3/h6-8,14,18H,5,9-13,15H2,1-4H3. The summed E-state index contributed by atoms with van der Waals surface area (Å²) in [6.45, 7) is 7.98. The molecule has 0 atom stereocenters. The molecule has 1 aromatic carbocycles. The number of hydrogen-bond acceptors (Lipinski definition) is 4. The van der Waals surface area contributed by atoms with Crippen LogP contribution in [0.1, 0.15) is 18.9 Å². The fourth-order valence-corrected chi connectivity index (χ4v) is 1.96. The van der Waals surface area contributed by atoms with Crippen LogP contribution in [-0.4, -0.2) is 63.7 Å². The Labute approximate surface area is 130 Å². The third-order valence-electron chi connectivity index (χ3n) is 3.33. The summed E-state index contributed by atoms with van der Waals surface area (Å²) in [6.07, 6.45) is 1.16. The number of nitrogens with zero attached hydrogens (tertiary/aromatic N) is 2. The van der Waals surface area contributed by atoms with Crippen LogP contribution in [0.2, 0.25) is 0 Å². The number of ether oxygens (including phenoxy) is 1. The molecule has 1 rings (SSSR count). The van der Waals surface area contributed by atoms with Gasteiger partial charge in [0.25, 0.3) is 0 Å². The van der Waals surface area contributed by atoms with E-state index in [4.69, 9.17) is 4.74 Å². The molecular formula is C17H31N3O. The van der Waals surface area contributed by atoms with Crippen molar-refractivity contribution in [3.63, 3.8) is 0 Å². The van der Waals surface area contributed by atoms with Gasteiger partial charge in [0.05, 0.1) is 0 Å². The Kier molecular flexibility index (Phi) is 9.06. The minimum atomic E-state index is 0.732.